The number of benzene rings is 1. The van der Waals surface area contributed by atoms with Crippen LogP contribution in [0.1, 0.15) is 37.7 Å². The Balaban J connectivity index is 2.20. The Morgan fingerprint density at radius 1 is 1.29 bits per heavy atom. The van der Waals surface area contributed by atoms with E-state index in [9.17, 15) is 4.79 Å². The number of carbonyl (C=O) groups is 1. The zero-order valence-electron chi connectivity index (χ0n) is 9.89. The van der Waals surface area contributed by atoms with E-state index in [0.29, 0.717) is 6.42 Å². The molecule has 17 heavy (non-hydrogen) atoms. The first kappa shape index (κ1) is 12.1. The molecule has 0 aromatic heterocycles. The minimum Gasteiger partial charge on any atom is -0.481 e. The van der Waals surface area contributed by atoms with Gasteiger partial charge in [0.05, 0.1) is 5.60 Å². The zero-order valence-corrected chi connectivity index (χ0v) is 9.89. The van der Waals surface area contributed by atoms with Crippen LogP contribution in [0.5, 0.6) is 0 Å². The van der Waals surface area contributed by atoms with Crippen molar-refractivity contribution in [3.63, 3.8) is 0 Å². The quantitative estimate of drug-likeness (QED) is 0.871. The average molecular weight is 234 g/mol. The Bertz CT molecular complexity index is 366. The first-order chi connectivity index (χ1) is 8.23. The third kappa shape index (κ3) is 2.86. The number of hydrogen-bond acceptors (Lipinski definition) is 2. The molecule has 0 radical (unpaired) electrons. The second-order valence-electron chi connectivity index (χ2n) is 4.56. The van der Waals surface area contributed by atoms with Gasteiger partial charge in [-0.25, -0.2) is 0 Å². The summed E-state index contributed by atoms with van der Waals surface area (Å²) in [6.07, 6.45) is 3.82. The molecule has 1 aromatic rings. The van der Waals surface area contributed by atoms with E-state index in [2.05, 4.69) is 0 Å². The van der Waals surface area contributed by atoms with Gasteiger partial charge in [-0.1, -0.05) is 30.3 Å². The van der Waals surface area contributed by atoms with E-state index in [1.54, 1.807) is 0 Å². The molecule has 1 aromatic carbocycles. The minimum atomic E-state index is -0.755. The third-order valence-electron chi connectivity index (χ3n) is 3.40. The van der Waals surface area contributed by atoms with Gasteiger partial charge in [-0.05, 0) is 31.2 Å². The average Bonchev–Trinajstić information content (AvgIpc) is 2.39. The molecule has 1 N–H and O–H groups in total. The van der Waals surface area contributed by atoms with Gasteiger partial charge >= 0.3 is 5.97 Å². The number of carboxylic acids is 1. The Kier molecular flexibility index (Phi) is 3.79. The van der Waals surface area contributed by atoms with Gasteiger partial charge < -0.3 is 9.84 Å². The molecule has 0 bridgehead atoms. The number of rotatable bonds is 4. The highest BCUT2D eigenvalue weighted by Gasteiger charge is 2.35. The summed E-state index contributed by atoms with van der Waals surface area (Å²) < 4.78 is 5.94. The van der Waals surface area contributed by atoms with E-state index in [1.165, 1.54) is 0 Å². The number of aliphatic carboxylic acids is 1. The second-order valence-corrected chi connectivity index (χ2v) is 4.56. The minimum absolute atomic E-state index is 0.162. The van der Waals surface area contributed by atoms with Gasteiger partial charge in [-0.3, -0.25) is 4.79 Å². The summed E-state index contributed by atoms with van der Waals surface area (Å²) in [4.78, 5) is 10.8. The van der Waals surface area contributed by atoms with Gasteiger partial charge in [0, 0.05) is 13.0 Å². The molecule has 1 atom stereocenters. The molecule has 2 rings (SSSR count). The zero-order chi connectivity index (χ0) is 12.1. The van der Waals surface area contributed by atoms with Gasteiger partial charge in [0.1, 0.15) is 0 Å². The van der Waals surface area contributed by atoms with Crippen molar-refractivity contribution in [3.05, 3.63) is 35.9 Å². The van der Waals surface area contributed by atoms with Crippen molar-refractivity contribution in [2.24, 2.45) is 0 Å². The summed E-state index contributed by atoms with van der Waals surface area (Å²) in [5.41, 5.74) is 0.735. The molecule has 0 saturated carbocycles. The molecule has 1 heterocycles. The topological polar surface area (TPSA) is 46.5 Å². The highest BCUT2D eigenvalue weighted by atomic mass is 16.5. The number of carboxylic acid groups (broad SMARTS) is 1. The lowest BCUT2D eigenvalue weighted by molar-refractivity contribution is -0.141. The van der Waals surface area contributed by atoms with E-state index in [-0.39, 0.29) is 12.0 Å². The molecule has 0 spiro atoms. The lowest BCUT2D eigenvalue weighted by Gasteiger charge is -2.37. The van der Waals surface area contributed by atoms with Crippen LogP contribution in [0, 0.1) is 0 Å². The fraction of sp³-hybridized carbons (Fsp3) is 0.500. The van der Waals surface area contributed by atoms with Crippen molar-refractivity contribution in [1.29, 1.82) is 0 Å². The summed E-state index contributed by atoms with van der Waals surface area (Å²) in [5.74, 6) is -0.755. The SMILES string of the molecule is O=C(O)CCC1(c2ccccc2)CCCCO1. The molecule has 92 valence electrons. The number of ether oxygens (including phenoxy) is 1. The lowest BCUT2D eigenvalue weighted by Crippen LogP contribution is -2.34. The fourth-order valence-corrected chi connectivity index (χ4v) is 2.47. The molecule has 1 aliphatic rings. The van der Waals surface area contributed by atoms with Crippen LogP contribution in [0.15, 0.2) is 30.3 Å². The fourth-order valence-electron chi connectivity index (χ4n) is 2.47. The molecule has 1 unspecified atom stereocenters. The molecular weight excluding hydrogens is 216 g/mol. The van der Waals surface area contributed by atoms with Gasteiger partial charge in [0.2, 0.25) is 0 Å². The van der Waals surface area contributed by atoms with E-state index in [1.807, 2.05) is 30.3 Å². The summed E-state index contributed by atoms with van der Waals surface area (Å²) in [7, 11) is 0. The molecule has 3 heteroatoms. The molecular formula is C14H18O3. The van der Waals surface area contributed by atoms with Crippen molar-refractivity contribution in [3.8, 4) is 0 Å². The van der Waals surface area contributed by atoms with E-state index in [4.69, 9.17) is 9.84 Å². The maximum absolute atomic E-state index is 10.8. The standard InChI is InChI=1S/C14H18O3/c15-13(16)8-10-14(9-4-5-11-17-14)12-6-2-1-3-7-12/h1-3,6-7H,4-5,8-11H2,(H,15,16). The van der Waals surface area contributed by atoms with Gasteiger partial charge in [-0.15, -0.1) is 0 Å². The number of hydrogen-bond donors (Lipinski definition) is 1. The monoisotopic (exact) mass is 234 g/mol. The lowest BCUT2D eigenvalue weighted by atomic mass is 9.83. The van der Waals surface area contributed by atoms with Crippen molar-refractivity contribution >= 4 is 5.97 Å². The smallest absolute Gasteiger partial charge is 0.303 e. The summed E-state index contributed by atoms with van der Waals surface area (Å²) in [6.45, 7) is 0.731. The van der Waals surface area contributed by atoms with Gasteiger partial charge in [-0.2, -0.15) is 0 Å². The summed E-state index contributed by atoms with van der Waals surface area (Å²) in [5, 5.41) is 8.85. The molecule has 0 aliphatic carbocycles. The maximum atomic E-state index is 10.8. The van der Waals surface area contributed by atoms with Crippen LogP contribution in [0.25, 0.3) is 0 Å². The predicted molar refractivity (Wildman–Crippen MR) is 64.8 cm³/mol. The molecule has 0 amide bonds. The van der Waals surface area contributed by atoms with Crippen LogP contribution < -0.4 is 0 Å². The van der Waals surface area contributed by atoms with Crippen molar-refractivity contribution < 1.29 is 14.6 Å². The van der Waals surface area contributed by atoms with E-state index < -0.39 is 5.97 Å². The van der Waals surface area contributed by atoms with Gasteiger partial charge in [0.25, 0.3) is 0 Å². The highest BCUT2D eigenvalue weighted by Crippen LogP contribution is 2.38. The van der Waals surface area contributed by atoms with Crippen LogP contribution in [-0.2, 0) is 15.1 Å². The Morgan fingerprint density at radius 2 is 2.06 bits per heavy atom. The molecule has 1 aliphatic heterocycles. The Hall–Kier alpha value is -1.35. The maximum Gasteiger partial charge on any atom is 0.303 e. The van der Waals surface area contributed by atoms with Crippen LogP contribution in [-0.4, -0.2) is 17.7 Å². The first-order valence-electron chi connectivity index (χ1n) is 6.14. The van der Waals surface area contributed by atoms with E-state index >= 15 is 0 Å². The largest absolute Gasteiger partial charge is 0.481 e. The Labute approximate surface area is 101 Å². The van der Waals surface area contributed by atoms with E-state index in [0.717, 1.165) is 31.4 Å². The van der Waals surface area contributed by atoms with Gasteiger partial charge in [0.15, 0.2) is 0 Å². The first-order valence-corrected chi connectivity index (χ1v) is 6.14. The highest BCUT2D eigenvalue weighted by molar-refractivity contribution is 5.66. The predicted octanol–water partition coefficient (Wildman–Crippen LogP) is 2.95. The van der Waals surface area contributed by atoms with Crippen molar-refractivity contribution in [2.75, 3.05) is 6.61 Å². The van der Waals surface area contributed by atoms with Crippen LogP contribution in [0.2, 0.25) is 0 Å². The van der Waals surface area contributed by atoms with Crippen molar-refractivity contribution in [1.82, 2.24) is 0 Å². The summed E-state index contributed by atoms with van der Waals surface area (Å²) >= 11 is 0. The molecule has 3 nitrogen and oxygen atoms in total. The van der Waals surface area contributed by atoms with Crippen LogP contribution in [0.4, 0.5) is 0 Å². The Morgan fingerprint density at radius 3 is 2.65 bits per heavy atom. The van der Waals surface area contributed by atoms with Crippen LogP contribution in [0.3, 0.4) is 0 Å². The normalized spacial score (nSPS) is 24.5. The molecule has 1 fully saturated rings. The molecule has 1 saturated heterocycles. The van der Waals surface area contributed by atoms with Crippen LogP contribution >= 0.6 is 0 Å². The second kappa shape index (κ2) is 5.32. The summed E-state index contributed by atoms with van der Waals surface area (Å²) in [6, 6.07) is 10.0. The van der Waals surface area contributed by atoms with Crippen molar-refractivity contribution in [2.45, 2.75) is 37.7 Å². The third-order valence-corrected chi connectivity index (χ3v) is 3.40.